The van der Waals surface area contributed by atoms with Crippen LogP contribution in [-0.2, 0) is 19.6 Å². The molecule has 9 heteroatoms. The van der Waals surface area contributed by atoms with E-state index in [1.807, 2.05) is 0 Å². The fourth-order valence-corrected chi connectivity index (χ4v) is 5.17. The maximum Gasteiger partial charge on any atom is 0.264 e. The van der Waals surface area contributed by atoms with E-state index < -0.39 is 22.5 Å². The first-order valence-electron chi connectivity index (χ1n) is 10.4. The lowest BCUT2D eigenvalue weighted by Crippen LogP contribution is -2.38. The first kappa shape index (κ1) is 22.8. The summed E-state index contributed by atoms with van der Waals surface area (Å²) in [6.07, 6.45) is 1.37. The third-order valence-corrected chi connectivity index (χ3v) is 7.31. The van der Waals surface area contributed by atoms with E-state index in [1.54, 1.807) is 59.5 Å². The van der Waals surface area contributed by atoms with E-state index >= 15 is 0 Å². The molecule has 33 heavy (non-hydrogen) atoms. The maximum absolute atomic E-state index is 13.3. The van der Waals surface area contributed by atoms with Crippen LogP contribution in [0.1, 0.15) is 12.8 Å². The maximum atomic E-state index is 13.3. The van der Waals surface area contributed by atoms with E-state index in [2.05, 4.69) is 5.32 Å². The van der Waals surface area contributed by atoms with Crippen LogP contribution < -0.4 is 14.5 Å². The van der Waals surface area contributed by atoms with Crippen LogP contribution in [0.15, 0.2) is 83.8 Å². The highest BCUT2D eigenvalue weighted by Gasteiger charge is 2.27. The molecule has 1 saturated heterocycles. The number of anilines is 3. The highest BCUT2D eigenvalue weighted by molar-refractivity contribution is 7.92. The molecule has 2 amide bonds. The molecule has 1 aliphatic rings. The topological polar surface area (TPSA) is 86.8 Å². The highest BCUT2D eigenvalue weighted by Crippen LogP contribution is 2.26. The van der Waals surface area contributed by atoms with Gasteiger partial charge in [0.15, 0.2) is 0 Å². The molecule has 0 spiro atoms. The summed E-state index contributed by atoms with van der Waals surface area (Å²) in [4.78, 5) is 26.5. The third kappa shape index (κ3) is 5.18. The summed E-state index contributed by atoms with van der Waals surface area (Å²) in [5.74, 6) is -0.418. The standard InChI is InChI=1S/C24H22ClN3O4S/c25-18-8-14-22(15-9-18)33(31,32)28(21-5-2-1-3-6-21)17-23(29)26-19-10-12-20(13-11-19)27-16-4-7-24(27)30/h1-3,5-6,8-15H,4,7,16-17H2,(H,26,29). The van der Waals surface area contributed by atoms with Gasteiger partial charge in [0.25, 0.3) is 10.0 Å². The van der Waals surface area contributed by atoms with Crippen LogP contribution in [-0.4, -0.2) is 33.3 Å². The number of para-hydroxylation sites is 1. The van der Waals surface area contributed by atoms with E-state index in [0.717, 1.165) is 16.4 Å². The van der Waals surface area contributed by atoms with E-state index in [0.29, 0.717) is 29.4 Å². The summed E-state index contributed by atoms with van der Waals surface area (Å²) < 4.78 is 27.7. The molecule has 7 nitrogen and oxygen atoms in total. The molecule has 0 saturated carbocycles. The zero-order valence-electron chi connectivity index (χ0n) is 17.6. The number of carbonyl (C=O) groups excluding carboxylic acids is 2. The SMILES string of the molecule is O=C(CN(c1ccccc1)S(=O)(=O)c1ccc(Cl)cc1)Nc1ccc(N2CCCC2=O)cc1. The van der Waals surface area contributed by atoms with Gasteiger partial charge < -0.3 is 10.2 Å². The average Bonchev–Trinajstić information content (AvgIpc) is 3.24. The molecule has 0 radical (unpaired) electrons. The van der Waals surface area contributed by atoms with Crippen LogP contribution in [0.3, 0.4) is 0 Å². The Bertz CT molecular complexity index is 1250. The van der Waals surface area contributed by atoms with Crippen molar-refractivity contribution in [2.45, 2.75) is 17.7 Å². The molecule has 3 aromatic rings. The number of halogens is 1. The molecule has 0 unspecified atom stereocenters. The van der Waals surface area contributed by atoms with Gasteiger partial charge in [-0.3, -0.25) is 13.9 Å². The second kappa shape index (κ2) is 9.64. The molecule has 0 atom stereocenters. The van der Waals surface area contributed by atoms with Crippen molar-refractivity contribution in [3.8, 4) is 0 Å². The molecule has 3 aromatic carbocycles. The predicted octanol–water partition coefficient (Wildman–Crippen LogP) is 4.30. The van der Waals surface area contributed by atoms with Gasteiger partial charge in [0.1, 0.15) is 6.54 Å². The zero-order chi connectivity index (χ0) is 23.4. The van der Waals surface area contributed by atoms with Crippen molar-refractivity contribution in [2.24, 2.45) is 0 Å². The minimum Gasteiger partial charge on any atom is -0.325 e. The van der Waals surface area contributed by atoms with Crippen LogP contribution in [0.5, 0.6) is 0 Å². The molecule has 1 heterocycles. The number of nitrogens with one attached hydrogen (secondary N) is 1. The quantitative estimate of drug-likeness (QED) is 0.542. The molecule has 170 valence electrons. The number of carbonyl (C=O) groups is 2. The van der Waals surface area contributed by atoms with Crippen LogP contribution in [0, 0.1) is 0 Å². The monoisotopic (exact) mass is 483 g/mol. The van der Waals surface area contributed by atoms with Crippen molar-refractivity contribution in [1.82, 2.24) is 0 Å². The Labute approximate surface area is 197 Å². The molecule has 0 aromatic heterocycles. The van der Waals surface area contributed by atoms with E-state index in [9.17, 15) is 18.0 Å². The zero-order valence-corrected chi connectivity index (χ0v) is 19.2. The summed E-state index contributed by atoms with van der Waals surface area (Å²) in [5.41, 5.74) is 1.64. The van der Waals surface area contributed by atoms with Crippen LogP contribution in [0.25, 0.3) is 0 Å². The first-order valence-corrected chi connectivity index (χ1v) is 12.2. The fourth-order valence-electron chi connectivity index (χ4n) is 3.62. The Morgan fingerprint density at radius 3 is 2.24 bits per heavy atom. The van der Waals surface area contributed by atoms with Gasteiger partial charge in [0, 0.05) is 29.4 Å². The molecule has 1 aliphatic heterocycles. The molecule has 1 fully saturated rings. The number of rotatable bonds is 7. The Balaban J connectivity index is 1.53. The van der Waals surface area contributed by atoms with Gasteiger partial charge in [-0.05, 0) is 67.1 Å². The Morgan fingerprint density at radius 1 is 0.970 bits per heavy atom. The van der Waals surface area contributed by atoms with Gasteiger partial charge in [-0.2, -0.15) is 0 Å². The number of hydrogen-bond acceptors (Lipinski definition) is 4. The number of hydrogen-bond donors (Lipinski definition) is 1. The van der Waals surface area contributed by atoms with Crippen molar-refractivity contribution >= 4 is 50.5 Å². The van der Waals surface area contributed by atoms with Crippen molar-refractivity contribution in [2.75, 3.05) is 27.6 Å². The Hall–Kier alpha value is -3.36. The highest BCUT2D eigenvalue weighted by atomic mass is 35.5. The lowest BCUT2D eigenvalue weighted by atomic mass is 10.2. The van der Waals surface area contributed by atoms with Gasteiger partial charge in [-0.15, -0.1) is 0 Å². The summed E-state index contributed by atoms with van der Waals surface area (Å²) in [6, 6.07) is 21.1. The van der Waals surface area contributed by atoms with Crippen molar-refractivity contribution < 1.29 is 18.0 Å². The second-order valence-corrected chi connectivity index (χ2v) is 9.84. The number of sulfonamides is 1. The largest absolute Gasteiger partial charge is 0.325 e. The predicted molar refractivity (Wildman–Crippen MR) is 129 cm³/mol. The molecule has 0 bridgehead atoms. The van der Waals surface area contributed by atoms with E-state index in [1.165, 1.54) is 24.3 Å². The fraction of sp³-hybridized carbons (Fsp3) is 0.167. The van der Waals surface area contributed by atoms with Crippen LogP contribution in [0.2, 0.25) is 5.02 Å². The minimum atomic E-state index is -4.01. The van der Waals surface area contributed by atoms with Crippen LogP contribution >= 0.6 is 11.6 Å². The van der Waals surface area contributed by atoms with Crippen molar-refractivity contribution in [1.29, 1.82) is 0 Å². The average molecular weight is 484 g/mol. The summed E-state index contributed by atoms with van der Waals surface area (Å²) in [7, 11) is -4.01. The van der Waals surface area contributed by atoms with Gasteiger partial charge in [-0.25, -0.2) is 8.42 Å². The van der Waals surface area contributed by atoms with E-state index in [-0.39, 0.29) is 10.8 Å². The normalized spacial score (nSPS) is 13.7. The lowest BCUT2D eigenvalue weighted by molar-refractivity contribution is -0.117. The molecule has 0 aliphatic carbocycles. The molecule has 1 N–H and O–H groups in total. The third-order valence-electron chi connectivity index (χ3n) is 5.27. The molecule has 4 rings (SSSR count). The van der Waals surface area contributed by atoms with Gasteiger partial charge in [-0.1, -0.05) is 29.8 Å². The molecular weight excluding hydrogens is 462 g/mol. The summed E-state index contributed by atoms with van der Waals surface area (Å²) >= 11 is 5.90. The minimum absolute atomic E-state index is 0.0307. The number of amides is 2. The van der Waals surface area contributed by atoms with Gasteiger partial charge in [0.2, 0.25) is 11.8 Å². The first-order chi connectivity index (χ1) is 15.8. The van der Waals surface area contributed by atoms with E-state index in [4.69, 9.17) is 11.6 Å². The van der Waals surface area contributed by atoms with Gasteiger partial charge >= 0.3 is 0 Å². The lowest BCUT2D eigenvalue weighted by Gasteiger charge is -2.24. The summed E-state index contributed by atoms with van der Waals surface area (Å²) in [5, 5.41) is 3.15. The molecular formula is C24H22ClN3O4S. The smallest absolute Gasteiger partial charge is 0.264 e. The second-order valence-electron chi connectivity index (χ2n) is 7.55. The number of nitrogens with zero attached hydrogens (tertiary/aromatic N) is 2. The van der Waals surface area contributed by atoms with Crippen LogP contribution in [0.4, 0.5) is 17.1 Å². The summed E-state index contributed by atoms with van der Waals surface area (Å²) in [6.45, 7) is 0.264. The Morgan fingerprint density at radius 2 is 1.64 bits per heavy atom. The number of benzene rings is 3. The van der Waals surface area contributed by atoms with Gasteiger partial charge in [0.05, 0.1) is 10.6 Å². The van der Waals surface area contributed by atoms with Crippen molar-refractivity contribution in [3.63, 3.8) is 0 Å². The Kier molecular flexibility index (Phi) is 6.67. The van der Waals surface area contributed by atoms with Crippen molar-refractivity contribution in [3.05, 3.63) is 83.9 Å².